The molecule has 164 valence electrons. The molecule has 0 spiro atoms. The van der Waals surface area contributed by atoms with Crippen molar-refractivity contribution in [3.8, 4) is 0 Å². The van der Waals surface area contributed by atoms with Crippen LogP contribution in [0.4, 0.5) is 0 Å². The molecule has 4 unspecified atom stereocenters. The fourth-order valence-electron chi connectivity index (χ4n) is 5.99. The van der Waals surface area contributed by atoms with Gasteiger partial charge in [-0.25, -0.2) is 0 Å². The van der Waals surface area contributed by atoms with Crippen LogP contribution in [0, 0.1) is 28.1 Å². The predicted molar refractivity (Wildman–Crippen MR) is 91.8 cm³/mol. The predicted octanol–water partition coefficient (Wildman–Crippen LogP) is -1.85. The average Bonchev–Trinajstić information content (AvgIpc) is 2.60. The molecule has 0 bridgehead atoms. The Labute approximate surface area is 170 Å². The van der Waals surface area contributed by atoms with E-state index in [-0.39, 0.29) is 38.5 Å². The minimum Gasteiger partial charge on any atom is -0.550 e. The normalized spacial score (nSPS) is 33.0. The lowest BCUT2D eigenvalue weighted by atomic mass is 9.54. The van der Waals surface area contributed by atoms with Crippen molar-refractivity contribution in [3.63, 3.8) is 0 Å². The molecule has 2 aliphatic rings. The zero-order valence-corrected chi connectivity index (χ0v) is 17.0. The first-order valence-corrected chi connectivity index (χ1v) is 10.2. The highest BCUT2D eigenvalue weighted by Crippen LogP contribution is 2.54. The topological polar surface area (TPSA) is 161 Å². The second-order valence-corrected chi connectivity index (χ2v) is 9.64. The maximum absolute atomic E-state index is 12.1. The molecule has 0 heterocycles. The van der Waals surface area contributed by atoms with E-state index in [9.17, 15) is 39.6 Å². The first-order valence-electron chi connectivity index (χ1n) is 10.2. The number of hydrogen-bond acceptors (Lipinski definition) is 8. The van der Waals surface area contributed by atoms with E-state index in [1.807, 2.05) is 0 Å². The van der Waals surface area contributed by atoms with Crippen LogP contribution in [0.2, 0.25) is 0 Å². The van der Waals surface area contributed by atoms with Crippen LogP contribution < -0.4 is 20.4 Å². The smallest absolute Gasteiger partial charge is 0.0482 e. The summed E-state index contributed by atoms with van der Waals surface area (Å²) in [5.74, 6) is -8.34. The molecule has 8 heteroatoms. The van der Waals surface area contributed by atoms with Gasteiger partial charge < -0.3 is 39.6 Å². The van der Waals surface area contributed by atoms with E-state index in [0.717, 1.165) is 0 Å². The van der Waals surface area contributed by atoms with Crippen LogP contribution in [-0.4, -0.2) is 23.9 Å². The maximum atomic E-state index is 12.1. The van der Waals surface area contributed by atoms with Crippen LogP contribution in [0.25, 0.3) is 0 Å². The average molecular weight is 408 g/mol. The Kier molecular flexibility index (Phi) is 6.65. The maximum Gasteiger partial charge on any atom is 0.0482 e. The van der Waals surface area contributed by atoms with E-state index in [0.29, 0.717) is 25.7 Å². The molecule has 2 rings (SSSR count). The number of carboxylic acid groups (broad SMARTS) is 4. The molecule has 0 radical (unpaired) electrons. The summed E-state index contributed by atoms with van der Waals surface area (Å²) >= 11 is 0. The lowest BCUT2D eigenvalue weighted by Gasteiger charge is -2.53. The summed E-state index contributed by atoms with van der Waals surface area (Å²) in [6, 6.07) is 0. The Morgan fingerprint density at radius 2 is 1.07 bits per heavy atom. The summed E-state index contributed by atoms with van der Waals surface area (Å²) < 4.78 is 0. The molecule has 8 nitrogen and oxygen atoms in total. The van der Waals surface area contributed by atoms with Crippen molar-refractivity contribution in [1.82, 2.24) is 0 Å². The lowest BCUT2D eigenvalue weighted by molar-refractivity contribution is -0.342. The highest BCUT2D eigenvalue weighted by molar-refractivity contribution is 5.83. The van der Waals surface area contributed by atoms with E-state index >= 15 is 0 Å². The van der Waals surface area contributed by atoms with Crippen LogP contribution in [0.3, 0.4) is 0 Å². The quantitative estimate of drug-likeness (QED) is 0.452. The number of aliphatic carboxylic acids is 4. The molecule has 0 saturated heterocycles. The van der Waals surface area contributed by atoms with Gasteiger partial charge in [0.05, 0.1) is 0 Å². The lowest BCUT2D eigenvalue weighted by Crippen LogP contribution is -2.58. The van der Waals surface area contributed by atoms with Crippen molar-refractivity contribution in [3.05, 3.63) is 0 Å². The molecule has 2 fully saturated rings. The third-order valence-corrected chi connectivity index (χ3v) is 7.04. The van der Waals surface area contributed by atoms with Crippen LogP contribution in [-0.2, 0) is 19.2 Å². The van der Waals surface area contributed by atoms with Gasteiger partial charge in [-0.3, -0.25) is 0 Å². The van der Waals surface area contributed by atoms with Gasteiger partial charge in [0.2, 0.25) is 0 Å². The molecule has 0 aromatic rings. The van der Waals surface area contributed by atoms with Gasteiger partial charge in [0.1, 0.15) is 0 Å². The van der Waals surface area contributed by atoms with Crippen LogP contribution in [0.15, 0.2) is 0 Å². The van der Waals surface area contributed by atoms with Crippen LogP contribution >= 0.6 is 0 Å². The minimum absolute atomic E-state index is 0.0969. The summed E-state index contributed by atoms with van der Waals surface area (Å²) in [5.41, 5.74) is -4.35. The van der Waals surface area contributed by atoms with E-state index < -0.39 is 52.0 Å². The van der Waals surface area contributed by atoms with Gasteiger partial charge in [-0.1, -0.05) is 39.5 Å². The van der Waals surface area contributed by atoms with Gasteiger partial charge in [0.15, 0.2) is 0 Å². The third kappa shape index (κ3) is 4.41. The van der Waals surface area contributed by atoms with Gasteiger partial charge in [-0.15, -0.1) is 0 Å². The first-order chi connectivity index (χ1) is 13.4. The Morgan fingerprint density at radius 1 is 0.724 bits per heavy atom. The monoisotopic (exact) mass is 408 g/mol. The third-order valence-electron chi connectivity index (χ3n) is 7.04. The molecule has 0 amide bonds. The fourth-order valence-corrected chi connectivity index (χ4v) is 5.99. The highest BCUT2D eigenvalue weighted by atomic mass is 16.4. The fraction of sp³-hybridized carbons (Fsp3) is 0.810. The van der Waals surface area contributed by atoms with E-state index in [1.165, 1.54) is 0 Å². The van der Waals surface area contributed by atoms with Gasteiger partial charge >= 0.3 is 0 Å². The standard InChI is InChI=1S/C21H32O8/c1-19(2,11-20(17(26)27)9-5-3-7-13(20)15(22)23)12-21(18(28)29)10-6-4-8-14(21)16(24)25/h13-14H,3-12H2,1-2H3,(H,22,23)(H,24,25)(H,26,27)(H,28,29)/p-4. The van der Waals surface area contributed by atoms with Gasteiger partial charge in [-0.05, 0) is 43.9 Å². The van der Waals surface area contributed by atoms with Gasteiger partial charge in [0.25, 0.3) is 0 Å². The zero-order chi connectivity index (χ0) is 22.0. The molecule has 29 heavy (non-hydrogen) atoms. The van der Waals surface area contributed by atoms with Gasteiger partial charge in [-0.2, -0.15) is 0 Å². The molecule has 0 N–H and O–H groups in total. The van der Waals surface area contributed by atoms with Crippen LogP contribution in [0.1, 0.15) is 78.1 Å². The SMILES string of the molecule is CC(C)(CC1(C(=O)[O-])CCCCC1C(=O)[O-])CC1(C(=O)[O-])CCCCC1C(=O)[O-]. The second kappa shape index (κ2) is 8.32. The molecule has 0 aromatic heterocycles. The molecule has 2 saturated carbocycles. The van der Waals surface area contributed by atoms with Gasteiger partial charge in [0, 0.05) is 46.5 Å². The molecular weight excluding hydrogens is 380 g/mol. The van der Waals surface area contributed by atoms with Crippen molar-refractivity contribution < 1.29 is 39.6 Å². The van der Waals surface area contributed by atoms with Crippen molar-refractivity contribution >= 4 is 23.9 Å². The zero-order valence-electron chi connectivity index (χ0n) is 17.0. The molecule has 4 atom stereocenters. The van der Waals surface area contributed by atoms with Crippen molar-refractivity contribution in [2.45, 2.75) is 78.1 Å². The Hall–Kier alpha value is -2.12. The van der Waals surface area contributed by atoms with Crippen LogP contribution in [0.5, 0.6) is 0 Å². The summed E-state index contributed by atoms with van der Waals surface area (Å²) in [5, 5.41) is 47.6. The second-order valence-electron chi connectivity index (χ2n) is 9.64. The molecule has 2 aliphatic carbocycles. The largest absolute Gasteiger partial charge is 0.550 e. The molecular formula is C21H28O8-4. The van der Waals surface area contributed by atoms with Crippen molar-refractivity contribution in [1.29, 1.82) is 0 Å². The number of hydrogen-bond donors (Lipinski definition) is 0. The highest BCUT2D eigenvalue weighted by Gasteiger charge is 2.50. The molecule has 0 aromatic carbocycles. The number of carbonyl (C=O) groups excluding carboxylic acids is 4. The Bertz CT molecular complexity index is 628. The number of rotatable bonds is 8. The number of carboxylic acids is 4. The van der Waals surface area contributed by atoms with E-state index in [1.54, 1.807) is 13.8 Å². The number of carbonyl (C=O) groups is 4. The minimum atomic E-state index is -1.68. The Balaban J connectivity index is 2.41. The molecule has 0 aliphatic heterocycles. The Morgan fingerprint density at radius 3 is 1.34 bits per heavy atom. The summed E-state index contributed by atoms with van der Waals surface area (Å²) in [4.78, 5) is 47.6. The summed E-state index contributed by atoms with van der Waals surface area (Å²) in [7, 11) is 0. The van der Waals surface area contributed by atoms with Crippen molar-refractivity contribution in [2.75, 3.05) is 0 Å². The summed E-state index contributed by atoms with van der Waals surface area (Å²) in [6.45, 7) is 3.29. The first kappa shape index (κ1) is 23.2. The summed E-state index contributed by atoms with van der Waals surface area (Å²) in [6.07, 6.45) is 2.36. The van der Waals surface area contributed by atoms with E-state index in [2.05, 4.69) is 0 Å². The van der Waals surface area contributed by atoms with E-state index in [4.69, 9.17) is 0 Å². The van der Waals surface area contributed by atoms with Crippen molar-refractivity contribution in [2.24, 2.45) is 28.1 Å².